The van der Waals surface area contributed by atoms with Gasteiger partial charge in [-0.25, -0.2) is 9.78 Å². The number of hydrogen-bond donors (Lipinski definition) is 1. The molecule has 88 valence electrons. The zero-order chi connectivity index (χ0) is 11.8. The number of aromatic carboxylic acids is 1. The molecule has 0 aliphatic carbocycles. The maximum absolute atomic E-state index is 10.8. The van der Waals surface area contributed by atoms with Crippen LogP contribution < -0.4 is 4.90 Å². The van der Waals surface area contributed by atoms with Crippen molar-refractivity contribution in [2.24, 2.45) is 0 Å². The maximum Gasteiger partial charge on any atom is 0.347 e. The second-order valence-electron chi connectivity index (χ2n) is 4.34. The highest BCUT2D eigenvalue weighted by Gasteiger charge is 2.28. The monoisotopic (exact) mass is 258 g/mol. The molecule has 2 heterocycles. The topological polar surface area (TPSA) is 53.4 Å². The number of thiazole rings is 1. The summed E-state index contributed by atoms with van der Waals surface area (Å²) in [6.45, 7) is 6.27. The summed E-state index contributed by atoms with van der Waals surface area (Å²) in [4.78, 5) is 17.4. The third-order valence-corrected chi connectivity index (χ3v) is 4.74. The second kappa shape index (κ2) is 4.25. The fourth-order valence-corrected chi connectivity index (χ4v) is 3.58. The fraction of sp³-hybridized carbons (Fsp3) is 0.600. The lowest BCUT2D eigenvalue weighted by molar-refractivity contribution is 0.0702. The van der Waals surface area contributed by atoms with Gasteiger partial charge in [-0.1, -0.05) is 11.3 Å². The molecule has 1 aliphatic heterocycles. The minimum absolute atomic E-state index is 0.216. The standard InChI is InChI=1S/C10H14N2O2S2/c1-10(2)6-12(3-4-15-10)9-11-5-7(16-9)8(13)14/h5H,3-4,6H2,1-2H3,(H,13,14). The Hall–Kier alpha value is -0.750. The Morgan fingerprint density at radius 3 is 2.94 bits per heavy atom. The van der Waals surface area contributed by atoms with Crippen LogP contribution in [0.1, 0.15) is 23.5 Å². The van der Waals surface area contributed by atoms with Gasteiger partial charge in [0.25, 0.3) is 0 Å². The molecule has 6 heteroatoms. The van der Waals surface area contributed by atoms with Crippen molar-refractivity contribution in [1.29, 1.82) is 0 Å². The molecule has 0 saturated carbocycles. The van der Waals surface area contributed by atoms with Crippen LogP contribution in [0.2, 0.25) is 0 Å². The zero-order valence-corrected chi connectivity index (χ0v) is 10.9. The Kier molecular flexibility index (Phi) is 3.12. The first-order chi connectivity index (χ1) is 7.48. The Morgan fingerprint density at radius 2 is 2.38 bits per heavy atom. The van der Waals surface area contributed by atoms with Gasteiger partial charge in [-0.05, 0) is 13.8 Å². The molecule has 1 saturated heterocycles. The van der Waals surface area contributed by atoms with Crippen molar-refractivity contribution in [1.82, 2.24) is 4.98 Å². The number of rotatable bonds is 2. The smallest absolute Gasteiger partial charge is 0.347 e. The van der Waals surface area contributed by atoms with Crippen molar-refractivity contribution >= 4 is 34.2 Å². The zero-order valence-electron chi connectivity index (χ0n) is 9.27. The minimum atomic E-state index is -0.894. The summed E-state index contributed by atoms with van der Waals surface area (Å²) in [5.41, 5.74) is 0. The molecule has 1 N–H and O–H groups in total. The maximum atomic E-state index is 10.8. The van der Waals surface area contributed by atoms with Crippen molar-refractivity contribution in [3.8, 4) is 0 Å². The van der Waals surface area contributed by atoms with Crippen LogP contribution >= 0.6 is 23.1 Å². The van der Waals surface area contributed by atoms with E-state index < -0.39 is 5.97 Å². The van der Waals surface area contributed by atoms with E-state index in [1.54, 1.807) is 0 Å². The van der Waals surface area contributed by atoms with E-state index in [0.717, 1.165) is 24.0 Å². The Labute approximate surface area is 103 Å². The Morgan fingerprint density at radius 1 is 1.62 bits per heavy atom. The van der Waals surface area contributed by atoms with E-state index in [1.807, 2.05) is 11.8 Å². The van der Waals surface area contributed by atoms with Crippen molar-refractivity contribution < 1.29 is 9.90 Å². The summed E-state index contributed by atoms with van der Waals surface area (Å²) in [6.07, 6.45) is 1.44. The van der Waals surface area contributed by atoms with Gasteiger partial charge < -0.3 is 10.0 Å². The van der Waals surface area contributed by atoms with E-state index in [0.29, 0.717) is 4.88 Å². The first-order valence-corrected chi connectivity index (χ1v) is 6.86. The van der Waals surface area contributed by atoms with E-state index in [1.165, 1.54) is 17.5 Å². The number of anilines is 1. The van der Waals surface area contributed by atoms with E-state index in [4.69, 9.17) is 5.11 Å². The number of carboxylic acid groups (broad SMARTS) is 1. The summed E-state index contributed by atoms with van der Waals surface area (Å²) >= 11 is 3.21. The number of aromatic nitrogens is 1. The highest BCUT2D eigenvalue weighted by Crippen LogP contribution is 2.33. The molecule has 2 rings (SSSR count). The SMILES string of the molecule is CC1(C)CN(c2ncc(C(=O)O)s2)CCS1. The van der Waals surface area contributed by atoms with Crippen LogP contribution in [0.5, 0.6) is 0 Å². The summed E-state index contributed by atoms with van der Waals surface area (Å²) in [5.74, 6) is 0.170. The number of nitrogens with zero attached hydrogens (tertiary/aromatic N) is 2. The first-order valence-electron chi connectivity index (χ1n) is 5.06. The molecular formula is C10H14N2O2S2. The Bertz CT molecular complexity index is 403. The van der Waals surface area contributed by atoms with Gasteiger partial charge in [0.1, 0.15) is 4.88 Å². The van der Waals surface area contributed by atoms with Crippen LogP contribution in [0.25, 0.3) is 0 Å². The molecule has 0 spiro atoms. The quantitative estimate of drug-likeness (QED) is 0.881. The lowest BCUT2D eigenvalue weighted by Gasteiger charge is -2.37. The summed E-state index contributed by atoms with van der Waals surface area (Å²) in [5, 5.41) is 9.67. The molecule has 16 heavy (non-hydrogen) atoms. The molecule has 4 nitrogen and oxygen atoms in total. The van der Waals surface area contributed by atoms with E-state index in [2.05, 4.69) is 23.7 Å². The van der Waals surface area contributed by atoms with Crippen LogP contribution in [0, 0.1) is 0 Å². The van der Waals surface area contributed by atoms with Crippen molar-refractivity contribution in [2.75, 3.05) is 23.7 Å². The predicted octanol–water partition coefficient (Wildman–Crippen LogP) is 2.17. The van der Waals surface area contributed by atoms with Crippen LogP contribution in [-0.2, 0) is 0 Å². The summed E-state index contributed by atoms with van der Waals surface area (Å²) in [6, 6.07) is 0. The normalized spacial score (nSPS) is 19.8. The van der Waals surface area contributed by atoms with Crippen LogP contribution in [0.4, 0.5) is 5.13 Å². The van der Waals surface area contributed by atoms with Gasteiger partial charge in [-0.2, -0.15) is 11.8 Å². The molecule has 0 atom stereocenters. The molecule has 0 aromatic carbocycles. The highest BCUT2D eigenvalue weighted by molar-refractivity contribution is 8.00. The van der Waals surface area contributed by atoms with E-state index in [-0.39, 0.29) is 4.75 Å². The van der Waals surface area contributed by atoms with Crippen molar-refractivity contribution in [3.63, 3.8) is 0 Å². The summed E-state index contributed by atoms with van der Waals surface area (Å²) < 4.78 is 0.216. The average Bonchev–Trinajstić information content (AvgIpc) is 2.64. The van der Waals surface area contributed by atoms with Crippen LogP contribution in [-0.4, -0.2) is 39.6 Å². The second-order valence-corrected chi connectivity index (χ2v) is 7.15. The largest absolute Gasteiger partial charge is 0.477 e. The minimum Gasteiger partial charge on any atom is -0.477 e. The predicted molar refractivity (Wildman–Crippen MR) is 67.8 cm³/mol. The van der Waals surface area contributed by atoms with Gasteiger partial charge in [0.2, 0.25) is 0 Å². The van der Waals surface area contributed by atoms with Crippen molar-refractivity contribution in [2.45, 2.75) is 18.6 Å². The molecule has 0 bridgehead atoms. The van der Waals surface area contributed by atoms with Gasteiger partial charge in [0.15, 0.2) is 5.13 Å². The fourth-order valence-electron chi connectivity index (χ4n) is 1.69. The number of carboxylic acids is 1. The molecule has 0 amide bonds. The van der Waals surface area contributed by atoms with Crippen LogP contribution in [0.15, 0.2) is 6.20 Å². The Balaban J connectivity index is 2.14. The average molecular weight is 258 g/mol. The lowest BCUT2D eigenvalue weighted by atomic mass is 10.2. The third-order valence-electron chi connectivity index (χ3n) is 2.40. The number of thioether (sulfide) groups is 1. The van der Waals surface area contributed by atoms with Crippen LogP contribution in [0.3, 0.4) is 0 Å². The lowest BCUT2D eigenvalue weighted by Crippen LogP contribution is -2.43. The molecule has 1 aliphatic rings. The van der Waals surface area contributed by atoms with Gasteiger partial charge >= 0.3 is 5.97 Å². The molecule has 0 radical (unpaired) electrons. The van der Waals surface area contributed by atoms with Gasteiger partial charge in [0.05, 0.1) is 6.20 Å². The number of carbonyl (C=O) groups is 1. The van der Waals surface area contributed by atoms with Gasteiger partial charge in [0, 0.05) is 23.6 Å². The first kappa shape index (κ1) is 11.7. The molecular weight excluding hydrogens is 244 g/mol. The molecule has 1 fully saturated rings. The summed E-state index contributed by atoms with van der Waals surface area (Å²) in [7, 11) is 0. The highest BCUT2D eigenvalue weighted by atomic mass is 32.2. The number of hydrogen-bond acceptors (Lipinski definition) is 5. The molecule has 0 unspecified atom stereocenters. The molecule has 1 aromatic heterocycles. The van der Waals surface area contributed by atoms with E-state index in [9.17, 15) is 4.79 Å². The molecule has 1 aromatic rings. The van der Waals surface area contributed by atoms with Gasteiger partial charge in [-0.15, -0.1) is 0 Å². The van der Waals surface area contributed by atoms with Gasteiger partial charge in [-0.3, -0.25) is 0 Å². The van der Waals surface area contributed by atoms with E-state index >= 15 is 0 Å². The van der Waals surface area contributed by atoms with Crippen molar-refractivity contribution in [3.05, 3.63) is 11.1 Å². The third kappa shape index (κ3) is 2.49.